The summed E-state index contributed by atoms with van der Waals surface area (Å²) in [7, 11) is 2.84. The number of carbonyl (C=O) groups is 1. The molecule has 0 aliphatic heterocycles. The number of aryl methyl sites for hydroxylation is 1. The zero-order valence-corrected chi connectivity index (χ0v) is 10.2. The van der Waals surface area contributed by atoms with Crippen LogP contribution in [0.15, 0.2) is 12.1 Å². The quantitative estimate of drug-likeness (QED) is 0.744. The van der Waals surface area contributed by atoms with Gasteiger partial charge in [0.2, 0.25) is 0 Å². The van der Waals surface area contributed by atoms with E-state index < -0.39 is 0 Å². The van der Waals surface area contributed by atoms with Gasteiger partial charge in [-0.2, -0.15) is 5.26 Å². The molecule has 4 heteroatoms. The van der Waals surface area contributed by atoms with Crippen LogP contribution in [-0.2, 0) is 22.4 Å². The van der Waals surface area contributed by atoms with Gasteiger partial charge in [0, 0.05) is 5.56 Å². The molecule has 0 bridgehead atoms. The molecule has 1 rings (SSSR count). The maximum atomic E-state index is 11.4. The third-order valence-electron chi connectivity index (χ3n) is 2.61. The first-order chi connectivity index (χ1) is 8.17. The van der Waals surface area contributed by atoms with Crippen LogP contribution in [0.3, 0.4) is 0 Å². The number of hydrogen-bond acceptors (Lipinski definition) is 4. The predicted octanol–water partition coefficient (Wildman–Crippen LogP) is 1.84. The second kappa shape index (κ2) is 5.90. The second-order valence-electron chi connectivity index (χ2n) is 3.50. The summed E-state index contributed by atoms with van der Waals surface area (Å²) in [6.45, 7) is 1.99. The molecule has 1 aromatic rings. The Bertz CT molecular complexity index is 460. The van der Waals surface area contributed by atoms with Gasteiger partial charge in [0.1, 0.15) is 11.8 Å². The van der Waals surface area contributed by atoms with Crippen molar-refractivity contribution in [3.63, 3.8) is 0 Å². The fourth-order valence-electron chi connectivity index (χ4n) is 1.73. The van der Waals surface area contributed by atoms with Crippen molar-refractivity contribution in [2.24, 2.45) is 0 Å². The molecule has 0 amide bonds. The number of esters is 1. The molecule has 0 saturated heterocycles. The van der Waals surface area contributed by atoms with Gasteiger partial charge in [0.25, 0.3) is 0 Å². The van der Waals surface area contributed by atoms with Crippen LogP contribution in [0.4, 0.5) is 0 Å². The fourth-order valence-corrected chi connectivity index (χ4v) is 1.73. The molecule has 0 fully saturated rings. The Hall–Kier alpha value is -2.02. The van der Waals surface area contributed by atoms with Crippen LogP contribution in [0.2, 0.25) is 0 Å². The number of hydrogen-bond donors (Lipinski definition) is 0. The number of methoxy groups -OCH3 is 2. The van der Waals surface area contributed by atoms with E-state index in [9.17, 15) is 4.79 Å². The van der Waals surface area contributed by atoms with Crippen molar-refractivity contribution in [2.45, 2.75) is 19.8 Å². The molecule has 0 unspecified atom stereocenters. The topological polar surface area (TPSA) is 59.3 Å². The monoisotopic (exact) mass is 233 g/mol. The average molecular weight is 233 g/mol. The van der Waals surface area contributed by atoms with Crippen molar-refractivity contribution in [1.82, 2.24) is 0 Å². The molecule has 17 heavy (non-hydrogen) atoms. The zero-order valence-electron chi connectivity index (χ0n) is 10.2. The fraction of sp³-hybridized carbons (Fsp3) is 0.385. The van der Waals surface area contributed by atoms with E-state index in [1.807, 2.05) is 13.0 Å². The van der Waals surface area contributed by atoms with Gasteiger partial charge < -0.3 is 9.47 Å². The molecule has 4 nitrogen and oxygen atoms in total. The number of nitriles is 1. The molecule has 0 spiro atoms. The summed E-state index contributed by atoms with van der Waals surface area (Å²) in [5.74, 6) is 0.130. The highest BCUT2D eigenvalue weighted by atomic mass is 16.5. The minimum Gasteiger partial charge on any atom is -0.495 e. The molecule has 0 N–H and O–H groups in total. The molecule has 0 radical (unpaired) electrons. The Balaban J connectivity index is 3.30. The van der Waals surface area contributed by atoms with Gasteiger partial charge in [-0.25, -0.2) is 0 Å². The van der Waals surface area contributed by atoms with Gasteiger partial charge in [-0.15, -0.1) is 0 Å². The molecule has 0 aliphatic carbocycles. The van der Waals surface area contributed by atoms with Gasteiger partial charge >= 0.3 is 5.97 Å². The number of nitrogens with zero attached hydrogens (tertiary/aromatic N) is 1. The third kappa shape index (κ3) is 2.76. The molecule has 90 valence electrons. The van der Waals surface area contributed by atoms with Crippen LogP contribution in [-0.4, -0.2) is 20.2 Å². The van der Waals surface area contributed by atoms with Crippen molar-refractivity contribution in [2.75, 3.05) is 14.2 Å². The van der Waals surface area contributed by atoms with Crippen molar-refractivity contribution >= 4 is 5.97 Å². The Morgan fingerprint density at radius 2 is 2.12 bits per heavy atom. The number of rotatable bonds is 4. The Kier molecular flexibility index (Phi) is 4.53. The van der Waals surface area contributed by atoms with Crippen molar-refractivity contribution < 1.29 is 14.3 Å². The second-order valence-corrected chi connectivity index (χ2v) is 3.50. The van der Waals surface area contributed by atoms with E-state index in [-0.39, 0.29) is 12.4 Å². The van der Waals surface area contributed by atoms with E-state index in [4.69, 9.17) is 10.00 Å². The first kappa shape index (κ1) is 13.0. The maximum Gasteiger partial charge on any atom is 0.310 e. The van der Waals surface area contributed by atoms with Gasteiger partial charge in [-0.3, -0.25) is 4.79 Å². The van der Waals surface area contributed by atoms with E-state index in [2.05, 4.69) is 10.8 Å². The van der Waals surface area contributed by atoms with Gasteiger partial charge in [-0.05, 0) is 18.1 Å². The summed E-state index contributed by atoms with van der Waals surface area (Å²) in [6.07, 6.45) is 0.896. The summed E-state index contributed by atoms with van der Waals surface area (Å²) in [4.78, 5) is 11.4. The summed E-state index contributed by atoms with van der Waals surface area (Å²) < 4.78 is 9.87. The van der Waals surface area contributed by atoms with Crippen molar-refractivity contribution in [3.05, 3.63) is 28.8 Å². The molecular formula is C13H15NO3. The highest BCUT2D eigenvalue weighted by Crippen LogP contribution is 2.28. The molecule has 0 heterocycles. The lowest BCUT2D eigenvalue weighted by Gasteiger charge is -2.13. The van der Waals surface area contributed by atoms with E-state index in [1.165, 1.54) is 14.2 Å². The molecule has 0 saturated carbocycles. The van der Waals surface area contributed by atoms with Crippen LogP contribution in [0.25, 0.3) is 0 Å². The lowest BCUT2D eigenvalue weighted by Crippen LogP contribution is -2.09. The summed E-state index contributed by atoms with van der Waals surface area (Å²) >= 11 is 0. The standard InChI is InChI=1S/C13H15NO3/c1-4-9-5-6-10(8-14)13(17-3)11(9)7-12(15)16-2/h5-6H,4,7H2,1-3H3. The van der Waals surface area contributed by atoms with Gasteiger partial charge in [0.05, 0.1) is 26.2 Å². The lowest BCUT2D eigenvalue weighted by atomic mass is 9.98. The molecule has 0 aromatic heterocycles. The van der Waals surface area contributed by atoms with E-state index >= 15 is 0 Å². The molecule has 0 aliphatic rings. The highest BCUT2D eigenvalue weighted by molar-refractivity contribution is 5.75. The van der Waals surface area contributed by atoms with Crippen LogP contribution in [0, 0.1) is 11.3 Å². The molecule has 1 aromatic carbocycles. The Morgan fingerprint density at radius 1 is 1.41 bits per heavy atom. The smallest absolute Gasteiger partial charge is 0.310 e. The Morgan fingerprint density at radius 3 is 2.59 bits per heavy atom. The van der Waals surface area contributed by atoms with Crippen LogP contribution in [0.1, 0.15) is 23.6 Å². The predicted molar refractivity (Wildman–Crippen MR) is 62.8 cm³/mol. The average Bonchev–Trinajstić information content (AvgIpc) is 2.37. The molecular weight excluding hydrogens is 218 g/mol. The minimum atomic E-state index is -0.340. The van der Waals surface area contributed by atoms with E-state index in [1.54, 1.807) is 6.07 Å². The van der Waals surface area contributed by atoms with E-state index in [0.29, 0.717) is 11.3 Å². The number of benzene rings is 1. The van der Waals surface area contributed by atoms with Gasteiger partial charge in [0.15, 0.2) is 0 Å². The zero-order chi connectivity index (χ0) is 12.8. The first-order valence-corrected chi connectivity index (χ1v) is 5.33. The SMILES string of the molecule is CCc1ccc(C#N)c(OC)c1CC(=O)OC. The summed E-state index contributed by atoms with van der Waals surface area (Å²) in [5, 5.41) is 8.98. The largest absolute Gasteiger partial charge is 0.495 e. The van der Waals surface area contributed by atoms with Crippen molar-refractivity contribution in [3.8, 4) is 11.8 Å². The van der Waals surface area contributed by atoms with E-state index in [0.717, 1.165) is 17.5 Å². The number of carbonyl (C=O) groups excluding carboxylic acids is 1. The Labute approximate surface area is 101 Å². The summed E-state index contributed by atoms with van der Waals surface area (Å²) in [6, 6.07) is 5.61. The minimum absolute atomic E-state index is 0.123. The third-order valence-corrected chi connectivity index (χ3v) is 2.61. The van der Waals surface area contributed by atoms with Crippen molar-refractivity contribution in [1.29, 1.82) is 5.26 Å². The van der Waals surface area contributed by atoms with Crippen LogP contribution < -0.4 is 4.74 Å². The van der Waals surface area contributed by atoms with Gasteiger partial charge in [-0.1, -0.05) is 13.0 Å². The first-order valence-electron chi connectivity index (χ1n) is 5.33. The summed E-state index contributed by atoms with van der Waals surface area (Å²) in [5.41, 5.74) is 2.16. The lowest BCUT2D eigenvalue weighted by molar-refractivity contribution is -0.139. The molecule has 0 atom stereocenters. The normalized spacial score (nSPS) is 9.53. The maximum absolute atomic E-state index is 11.4. The van der Waals surface area contributed by atoms with Crippen LogP contribution >= 0.6 is 0 Å². The number of ether oxygens (including phenoxy) is 2. The van der Waals surface area contributed by atoms with Crippen LogP contribution in [0.5, 0.6) is 5.75 Å². The highest BCUT2D eigenvalue weighted by Gasteiger charge is 2.16.